The van der Waals surface area contributed by atoms with Crippen LogP contribution < -0.4 is 10.2 Å². The standard InChI is InChI=1S/C15H25N5O/c1-11(16-2)12-6-5-9-20(10-12)14-8-7-13(17-18-14)15(21)19(3)4/h7-8,11-12,16H,5-6,9-10H2,1-4H3. The first kappa shape index (κ1) is 15.7. The quantitative estimate of drug-likeness (QED) is 0.897. The monoisotopic (exact) mass is 291 g/mol. The molecule has 0 radical (unpaired) electrons. The normalized spacial score (nSPS) is 20.2. The van der Waals surface area contributed by atoms with Crippen LogP contribution in [0.3, 0.4) is 0 Å². The molecular formula is C15H25N5O. The summed E-state index contributed by atoms with van der Waals surface area (Å²) in [6, 6.07) is 4.15. The third-order valence-corrected chi connectivity index (χ3v) is 4.22. The van der Waals surface area contributed by atoms with Crippen molar-refractivity contribution in [3.05, 3.63) is 17.8 Å². The molecule has 1 N–H and O–H groups in total. The Bertz CT molecular complexity index is 473. The van der Waals surface area contributed by atoms with Gasteiger partial charge in [-0.2, -0.15) is 0 Å². The number of nitrogens with zero attached hydrogens (tertiary/aromatic N) is 4. The molecule has 2 atom stereocenters. The van der Waals surface area contributed by atoms with E-state index < -0.39 is 0 Å². The van der Waals surface area contributed by atoms with Gasteiger partial charge in [0.25, 0.3) is 5.91 Å². The molecule has 1 amide bonds. The van der Waals surface area contributed by atoms with E-state index in [4.69, 9.17) is 0 Å². The Balaban J connectivity index is 2.06. The third kappa shape index (κ3) is 3.69. The third-order valence-electron chi connectivity index (χ3n) is 4.22. The molecule has 1 aromatic rings. The molecule has 1 aliphatic rings. The van der Waals surface area contributed by atoms with Gasteiger partial charge in [-0.15, -0.1) is 10.2 Å². The lowest BCUT2D eigenvalue weighted by molar-refractivity contribution is 0.0821. The van der Waals surface area contributed by atoms with Crippen LogP contribution in [0.4, 0.5) is 5.82 Å². The number of carbonyl (C=O) groups excluding carboxylic acids is 1. The fourth-order valence-electron chi connectivity index (χ4n) is 2.70. The van der Waals surface area contributed by atoms with Gasteiger partial charge in [0.15, 0.2) is 11.5 Å². The van der Waals surface area contributed by atoms with Crippen LogP contribution in [0.2, 0.25) is 0 Å². The SMILES string of the molecule is CNC(C)C1CCCN(c2ccc(C(=O)N(C)C)nn2)C1. The van der Waals surface area contributed by atoms with E-state index in [1.165, 1.54) is 11.3 Å². The Kier molecular flexibility index (Phi) is 5.12. The van der Waals surface area contributed by atoms with E-state index in [1.54, 1.807) is 20.2 Å². The number of anilines is 1. The predicted octanol–water partition coefficient (Wildman–Crippen LogP) is 1.00. The molecule has 6 nitrogen and oxygen atoms in total. The van der Waals surface area contributed by atoms with Crippen molar-refractivity contribution in [1.82, 2.24) is 20.4 Å². The van der Waals surface area contributed by atoms with E-state index in [9.17, 15) is 4.79 Å². The molecule has 21 heavy (non-hydrogen) atoms. The number of piperidine rings is 1. The lowest BCUT2D eigenvalue weighted by atomic mass is 9.92. The van der Waals surface area contributed by atoms with Crippen LogP contribution in [-0.2, 0) is 0 Å². The summed E-state index contributed by atoms with van der Waals surface area (Å²) in [6.07, 6.45) is 2.40. The number of aromatic nitrogens is 2. The molecule has 1 fully saturated rings. The molecule has 2 rings (SSSR count). The number of amides is 1. The van der Waals surface area contributed by atoms with Crippen LogP contribution >= 0.6 is 0 Å². The molecule has 1 aliphatic heterocycles. The van der Waals surface area contributed by atoms with Gasteiger partial charge < -0.3 is 15.1 Å². The fourth-order valence-corrected chi connectivity index (χ4v) is 2.70. The molecule has 116 valence electrons. The van der Waals surface area contributed by atoms with Crippen LogP contribution in [0.25, 0.3) is 0 Å². The average molecular weight is 291 g/mol. The Hall–Kier alpha value is -1.69. The van der Waals surface area contributed by atoms with Crippen LogP contribution in [0.1, 0.15) is 30.3 Å². The molecule has 1 aromatic heterocycles. The van der Waals surface area contributed by atoms with E-state index in [1.807, 2.05) is 13.1 Å². The zero-order valence-electron chi connectivity index (χ0n) is 13.3. The maximum atomic E-state index is 11.8. The highest BCUT2D eigenvalue weighted by atomic mass is 16.2. The summed E-state index contributed by atoms with van der Waals surface area (Å²) in [7, 11) is 5.43. The summed E-state index contributed by atoms with van der Waals surface area (Å²) in [5, 5.41) is 11.6. The van der Waals surface area contributed by atoms with Crippen molar-refractivity contribution in [1.29, 1.82) is 0 Å². The van der Waals surface area contributed by atoms with Gasteiger partial charge in [-0.3, -0.25) is 4.79 Å². The maximum absolute atomic E-state index is 11.8. The number of hydrogen-bond acceptors (Lipinski definition) is 5. The minimum Gasteiger partial charge on any atom is -0.355 e. The van der Waals surface area contributed by atoms with E-state index in [-0.39, 0.29) is 5.91 Å². The molecule has 2 heterocycles. The number of nitrogens with one attached hydrogen (secondary N) is 1. The molecule has 6 heteroatoms. The highest BCUT2D eigenvalue weighted by Crippen LogP contribution is 2.23. The highest BCUT2D eigenvalue weighted by Gasteiger charge is 2.25. The van der Waals surface area contributed by atoms with E-state index in [0.717, 1.165) is 25.3 Å². The van der Waals surface area contributed by atoms with Gasteiger partial charge in [0, 0.05) is 33.2 Å². The lowest BCUT2D eigenvalue weighted by Gasteiger charge is -2.36. The number of rotatable bonds is 4. The van der Waals surface area contributed by atoms with Crippen LogP contribution in [0.5, 0.6) is 0 Å². The van der Waals surface area contributed by atoms with Gasteiger partial charge in [0.2, 0.25) is 0 Å². The van der Waals surface area contributed by atoms with Crippen molar-refractivity contribution < 1.29 is 4.79 Å². The fraction of sp³-hybridized carbons (Fsp3) is 0.667. The van der Waals surface area contributed by atoms with Gasteiger partial charge in [-0.1, -0.05) is 0 Å². The summed E-state index contributed by atoms with van der Waals surface area (Å²) in [5.41, 5.74) is 0.390. The number of hydrogen-bond donors (Lipinski definition) is 1. The van der Waals surface area contributed by atoms with Crippen molar-refractivity contribution in [3.8, 4) is 0 Å². The van der Waals surface area contributed by atoms with Gasteiger partial charge in [-0.05, 0) is 44.9 Å². The molecule has 0 bridgehead atoms. The average Bonchev–Trinajstić information content (AvgIpc) is 2.53. The zero-order valence-corrected chi connectivity index (χ0v) is 13.3. The van der Waals surface area contributed by atoms with Gasteiger partial charge in [0.05, 0.1) is 0 Å². The Morgan fingerprint density at radius 1 is 1.43 bits per heavy atom. The van der Waals surface area contributed by atoms with Crippen LogP contribution in [-0.4, -0.2) is 61.3 Å². The van der Waals surface area contributed by atoms with Crippen molar-refractivity contribution in [2.24, 2.45) is 5.92 Å². The molecule has 1 saturated heterocycles. The van der Waals surface area contributed by atoms with Crippen molar-refractivity contribution in [3.63, 3.8) is 0 Å². The van der Waals surface area contributed by atoms with Gasteiger partial charge >= 0.3 is 0 Å². The summed E-state index contributed by atoms with van der Waals surface area (Å²) in [4.78, 5) is 15.6. The van der Waals surface area contributed by atoms with Gasteiger partial charge in [-0.25, -0.2) is 0 Å². The van der Waals surface area contributed by atoms with Crippen molar-refractivity contribution in [2.75, 3.05) is 39.1 Å². The summed E-state index contributed by atoms with van der Waals surface area (Å²) >= 11 is 0. The summed E-state index contributed by atoms with van der Waals surface area (Å²) < 4.78 is 0. The Morgan fingerprint density at radius 2 is 2.19 bits per heavy atom. The number of carbonyl (C=O) groups is 1. The van der Waals surface area contributed by atoms with Crippen molar-refractivity contribution in [2.45, 2.75) is 25.8 Å². The molecule has 0 aliphatic carbocycles. The minimum atomic E-state index is -0.116. The second-order valence-corrected chi connectivity index (χ2v) is 5.90. The first-order valence-electron chi connectivity index (χ1n) is 7.50. The molecule has 0 spiro atoms. The second kappa shape index (κ2) is 6.85. The van der Waals surface area contributed by atoms with E-state index >= 15 is 0 Å². The molecule has 0 aromatic carbocycles. The summed E-state index contributed by atoms with van der Waals surface area (Å²) in [6.45, 7) is 4.21. The van der Waals surface area contributed by atoms with E-state index in [2.05, 4.69) is 27.3 Å². The van der Waals surface area contributed by atoms with Gasteiger partial charge in [0.1, 0.15) is 0 Å². The first-order valence-corrected chi connectivity index (χ1v) is 7.50. The van der Waals surface area contributed by atoms with Crippen LogP contribution in [0.15, 0.2) is 12.1 Å². The smallest absolute Gasteiger partial charge is 0.273 e. The molecule has 0 saturated carbocycles. The maximum Gasteiger partial charge on any atom is 0.273 e. The van der Waals surface area contributed by atoms with Crippen LogP contribution in [0, 0.1) is 5.92 Å². The minimum absolute atomic E-state index is 0.116. The molecular weight excluding hydrogens is 266 g/mol. The summed E-state index contributed by atoms with van der Waals surface area (Å²) in [5.74, 6) is 1.36. The zero-order chi connectivity index (χ0) is 15.4. The van der Waals surface area contributed by atoms with E-state index in [0.29, 0.717) is 17.7 Å². The highest BCUT2D eigenvalue weighted by molar-refractivity contribution is 5.91. The Labute approximate surface area is 126 Å². The first-order chi connectivity index (χ1) is 10.0. The topological polar surface area (TPSA) is 61.4 Å². The second-order valence-electron chi connectivity index (χ2n) is 5.90. The molecule has 2 unspecified atom stereocenters. The largest absolute Gasteiger partial charge is 0.355 e. The predicted molar refractivity (Wildman–Crippen MR) is 83.5 cm³/mol. The lowest BCUT2D eigenvalue weighted by Crippen LogP contribution is -2.43. The Morgan fingerprint density at radius 3 is 2.76 bits per heavy atom. The van der Waals surface area contributed by atoms with Crippen molar-refractivity contribution >= 4 is 11.7 Å².